The Balaban J connectivity index is 1.51. The van der Waals surface area contributed by atoms with Gasteiger partial charge >= 0.3 is 0 Å². The Bertz CT molecular complexity index is 4790. The van der Waals surface area contributed by atoms with E-state index in [0.29, 0.717) is 0 Å². The van der Waals surface area contributed by atoms with Gasteiger partial charge in [-0.15, -0.1) is 0 Å². The Hall–Kier alpha value is -6.70. The largest absolute Gasteiger partial charge is 0.455 e. The summed E-state index contributed by atoms with van der Waals surface area (Å²) in [5.41, 5.74) is -6.31. The number of fused-ring (bicyclic) bond motifs is 9. The average Bonchev–Trinajstić information content (AvgIpc) is 3.95. The highest BCUT2D eigenvalue weighted by atomic mass is 16.3. The van der Waals surface area contributed by atoms with Crippen LogP contribution in [0.4, 0.5) is 0 Å². The molecule has 0 fully saturated rings. The molecule has 11 aromatic rings. The number of hydrogen-bond donors (Lipinski definition) is 0. The molecule has 0 N–H and O–H groups in total. The normalized spacial score (nSPS) is 19.9. The highest BCUT2D eigenvalue weighted by molar-refractivity contribution is 6.25. The fourth-order valence-electron chi connectivity index (χ4n) is 6.49. The van der Waals surface area contributed by atoms with Gasteiger partial charge in [-0.2, -0.15) is 0 Å². The van der Waals surface area contributed by atoms with Gasteiger partial charge in [0.15, 0.2) is 0 Å². The van der Waals surface area contributed by atoms with Crippen molar-refractivity contribution in [2.45, 2.75) is 0 Å². The monoisotopic (exact) mass is 675 g/mol. The van der Waals surface area contributed by atoms with Crippen molar-refractivity contribution in [1.82, 2.24) is 0 Å². The number of hydrogen-bond acceptors (Lipinski definition) is 1. The molecule has 0 aliphatic rings. The van der Waals surface area contributed by atoms with Crippen molar-refractivity contribution in [1.29, 1.82) is 0 Å². The van der Waals surface area contributed by atoms with Crippen molar-refractivity contribution in [3.8, 4) is 33.4 Å². The fraction of sp³-hybridized carbons (Fsp3) is 0. The van der Waals surface area contributed by atoms with E-state index in [4.69, 9.17) is 27.7 Å². The SMILES string of the molecule is [2H]c1cc2c([2H])c([2H])c3oc4c(-c5c(-c6c7c([2H])c([2H])c([2H])c([2H])c7c(-c7c([2H])c([2H])c8c([2H])c([2H])c([2H])c([2H])c8c7[2H])c7c([2H])c([2H])c([2H])c([2H])c67)c([2H])c6c([2H])c([2H])c([2H])c([2H])c6c5[2H])c([2H])c([2H])c([2H])c4c3c2c([2H])c1[2H]. The van der Waals surface area contributed by atoms with E-state index in [1.54, 1.807) is 0 Å². The standard InChI is InChI=1S/C50H30O/c1-2-14-33-28-36(25-24-31(33)12-1)47-38-18-7-9-20-40(38)48(41-21-10-8-19-39(41)47)45-30-35-16-4-3-15-34(35)29-44(45)42-22-11-23-43-49-37-17-6-5-13-32(37)26-27-46(49)51-50(42)43/h1-30H/i1D,2D,3D,4D,5D,6D,7D,8D,9D,10D,11D,12D,14D,15D,16D,17D,18D,19D,20D,21D,22D,23D,24D,25D,26D,27D,28D,29D,30D. The van der Waals surface area contributed by atoms with Gasteiger partial charge < -0.3 is 4.42 Å². The lowest BCUT2D eigenvalue weighted by Crippen LogP contribution is -1.93. The van der Waals surface area contributed by atoms with E-state index < -0.39 is 268 Å². The third kappa shape index (κ3) is 4.22. The average molecular weight is 676 g/mol. The molecule has 11 rings (SSSR count). The summed E-state index contributed by atoms with van der Waals surface area (Å²) in [7, 11) is 0. The Labute approximate surface area is 335 Å². The van der Waals surface area contributed by atoms with Crippen molar-refractivity contribution in [2.75, 3.05) is 0 Å². The van der Waals surface area contributed by atoms with Crippen molar-refractivity contribution in [3.63, 3.8) is 0 Å². The maximum absolute atomic E-state index is 10.2. The summed E-state index contributed by atoms with van der Waals surface area (Å²) in [5.74, 6) is 0. The molecule has 0 unspecified atom stereocenters. The molecule has 1 heteroatoms. The minimum absolute atomic E-state index is 0.243. The molecule has 1 heterocycles. The van der Waals surface area contributed by atoms with Crippen LogP contribution in [0.25, 0.3) is 109 Å². The van der Waals surface area contributed by atoms with E-state index in [0.717, 1.165) is 6.07 Å². The maximum Gasteiger partial charge on any atom is 0.143 e. The summed E-state index contributed by atoms with van der Waals surface area (Å²) in [6.07, 6.45) is 0. The summed E-state index contributed by atoms with van der Waals surface area (Å²) in [6, 6.07) is -25.8. The lowest BCUT2D eigenvalue weighted by Gasteiger charge is -2.20. The first-order chi connectivity index (χ1) is 37.4. The highest BCUT2D eigenvalue weighted by Crippen LogP contribution is 2.49. The van der Waals surface area contributed by atoms with Gasteiger partial charge in [0.1, 0.15) is 11.2 Å². The van der Waals surface area contributed by atoms with Crippen LogP contribution in [0, 0.1) is 0 Å². The Morgan fingerprint density at radius 3 is 1.63 bits per heavy atom. The lowest BCUT2D eigenvalue weighted by atomic mass is 9.82. The molecule has 10 aromatic carbocycles. The topological polar surface area (TPSA) is 13.1 Å². The van der Waals surface area contributed by atoms with Crippen LogP contribution >= 0.6 is 0 Å². The quantitative estimate of drug-likeness (QED) is 0.170. The molecule has 0 saturated heterocycles. The Morgan fingerprint density at radius 2 is 0.902 bits per heavy atom. The van der Waals surface area contributed by atoms with Gasteiger partial charge in [0, 0.05) is 16.3 Å². The van der Waals surface area contributed by atoms with Gasteiger partial charge in [0.2, 0.25) is 0 Å². The van der Waals surface area contributed by atoms with Gasteiger partial charge in [-0.3, -0.25) is 0 Å². The summed E-state index contributed by atoms with van der Waals surface area (Å²) in [4.78, 5) is 0. The molecule has 236 valence electrons. The lowest BCUT2D eigenvalue weighted by molar-refractivity contribution is 0.670. The van der Waals surface area contributed by atoms with Gasteiger partial charge in [-0.25, -0.2) is 0 Å². The van der Waals surface area contributed by atoms with Crippen molar-refractivity contribution in [3.05, 3.63) is 181 Å². The molecular formula is C50H30O. The first-order valence-electron chi connectivity index (χ1n) is 29.7. The van der Waals surface area contributed by atoms with E-state index >= 15 is 0 Å². The van der Waals surface area contributed by atoms with E-state index in [9.17, 15) is 16.4 Å². The minimum Gasteiger partial charge on any atom is -0.455 e. The number of benzene rings is 10. The zero-order valence-corrected chi connectivity index (χ0v) is 25.5. The maximum atomic E-state index is 10.2. The summed E-state index contributed by atoms with van der Waals surface area (Å²) >= 11 is 0. The minimum atomic E-state index is -1.08. The predicted octanol–water partition coefficient (Wildman–Crippen LogP) is 14.4. The second-order valence-electron chi connectivity index (χ2n) is 11.3. The van der Waals surface area contributed by atoms with Crippen LogP contribution in [0.1, 0.15) is 39.8 Å². The van der Waals surface area contributed by atoms with E-state index in [1.807, 2.05) is 0 Å². The molecule has 0 aliphatic heterocycles. The van der Waals surface area contributed by atoms with Crippen molar-refractivity contribution in [2.24, 2.45) is 0 Å². The second kappa shape index (κ2) is 10.9. The molecule has 0 atom stereocenters. The zero-order chi connectivity index (χ0) is 58.7. The predicted molar refractivity (Wildman–Crippen MR) is 218 cm³/mol. The number of para-hydroxylation sites is 1. The van der Waals surface area contributed by atoms with Crippen LogP contribution in [-0.4, -0.2) is 0 Å². The van der Waals surface area contributed by atoms with E-state index in [1.165, 1.54) is 0 Å². The van der Waals surface area contributed by atoms with Crippen molar-refractivity contribution < 1.29 is 44.2 Å². The van der Waals surface area contributed by atoms with E-state index in [-0.39, 0.29) is 16.2 Å². The molecule has 0 amide bonds. The molecule has 0 saturated carbocycles. The third-order valence-electron chi connectivity index (χ3n) is 8.63. The number of furan rings is 1. The third-order valence-corrected chi connectivity index (χ3v) is 8.63. The highest BCUT2D eigenvalue weighted by Gasteiger charge is 2.22. The molecule has 1 nitrogen and oxygen atoms in total. The van der Waals surface area contributed by atoms with Gasteiger partial charge in [0.05, 0.1) is 39.8 Å². The van der Waals surface area contributed by atoms with Crippen LogP contribution in [0.3, 0.4) is 0 Å². The second-order valence-corrected chi connectivity index (χ2v) is 11.3. The van der Waals surface area contributed by atoms with Gasteiger partial charge in [-0.05, 0) is 106 Å². The van der Waals surface area contributed by atoms with Gasteiger partial charge in [0.25, 0.3) is 0 Å². The molecule has 0 aliphatic carbocycles. The summed E-state index contributed by atoms with van der Waals surface area (Å²) in [6.45, 7) is 0. The van der Waals surface area contributed by atoms with Crippen LogP contribution < -0.4 is 0 Å². The van der Waals surface area contributed by atoms with Crippen LogP contribution in [0.5, 0.6) is 0 Å². The van der Waals surface area contributed by atoms with Crippen LogP contribution in [0.15, 0.2) is 186 Å². The molecule has 0 spiro atoms. The summed E-state index contributed by atoms with van der Waals surface area (Å²) in [5, 5.41) is -7.50. The molecule has 51 heavy (non-hydrogen) atoms. The Morgan fingerprint density at radius 1 is 0.353 bits per heavy atom. The van der Waals surface area contributed by atoms with Gasteiger partial charge in [-0.1, -0.05) is 157 Å². The van der Waals surface area contributed by atoms with Crippen LogP contribution in [0.2, 0.25) is 0 Å². The van der Waals surface area contributed by atoms with E-state index in [2.05, 4.69) is 0 Å². The van der Waals surface area contributed by atoms with Crippen LogP contribution in [-0.2, 0) is 0 Å². The smallest absolute Gasteiger partial charge is 0.143 e. The molecular weight excluding hydrogens is 617 g/mol. The first kappa shape index (κ1) is 12.0. The summed E-state index contributed by atoms with van der Waals surface area (Å²) < 4.78 is 272. The zero-order valence-electron chi connectivity index (χ0n) is 54.5. The first-order valence-corrected chi connectivity index (χ1v) is 15.2. The van der Waals surface area contributed by atoms with Crippen molar-refractivity contribution >= 4 is 75.8 Å². The fourth-order valence-corrected chi connectivity index (χ4v) is 6.49. The Kier molecular flexibility index (Phi) is 2.56. The number of rotatable bonds is 3. The molecule has 0 radical (unpaired) electrons. The molecule has 0 bridgehead atoms. The molecule has 1 aromatic heterocycles.